The largest absolute Gasteiger partial charge is 0.423 e. The van der Waals surface area contributed by atoms with Crippen molar-refractivity contribution in [1.82, 2.24) is 24.4 Å². The van der Waals surface area contributed by atoms with Crippen molar-refractivity contribution in [3.05, 3.63) is 64.2 Å². The summed E-state index contributed by atoms with van der Waals surface area (Å²) in [6.45, 7) is 0.517. The van der Waals surface area contributed by atoms with Crippen LogP contribution in [0.25, 0.3) is 0 Å². The second kappa shape index (κ2) is 12.1. The van der Waals surface area contributed by atoms with Gasteiger partial charge in [-0.25, -0.2) is 9.59 Å². The zero-order valence-corrected chi connectivity index (χ0v) is 20.4. The molecule has 3 unspecified atom stereocenters. The van der Waals surface area contributed by atoms with Crippen LogP contribution in [-0.4, -0.2) is 65.8 Å². The van der Waals surface area contributed by atoms with E-state index in [2.05, 4.69) is 4.98 Å². The van der Waals surface area contributed by atoms with Gasteiger partial charge in [-0.2, -0.15) is 13.2 Å². The molecule has 2 aliphatic rings. The number of halogens is 5. The number of amidine groups is 1. The van der Waals surface area contributed by atoms with Crippen molar-refractivity contribution in [3.63, 3.8) is 0 Å². The van der Waals surface area contributed by atoms with Gasteiger partial charge in [-0.3, -0.25) is 29.5 Å². The third kappa shape index (κ3) is 7.10. The second-order valence-electron chi connectivity index (χ2n) is 7.99. The fraction of sp³-hybridized carbons (Fsp3) is 0.526. The van der Waals surface area contributed by atoms with Crippen molar-refractivity contribution >= 4 is 29.8 Å². The molecule has 0 aliphatic carbocycles. The topological polar surface area (TPSA) is 197 Å². The number of hydrogen-bond donors (Lipinski definition) is 6. The van der Waals surface area contributed by atoms with Crippen molar-refractivity contribution in [2.45, 2.75) is 50.4 Å². The molecule has 0 saturated carbocycles. The van der Waals surface area contributed by atoms with Crippen molar-refractivity contribution in [2.24, 2.45) is 0 Å². The molecule has 206 valence electrons. The number of H-pyrrole nitrogens is 3. The number of rotatable bonds is 4. The lowest BCUT2D eigenvalue weighted by molar-refractivity contribution is -0.139. The molecular formula is C19H23Cl2F3N6O7. The Morgan fingerprint density at radius 2 is 1.84 bits per heavy atom. The minimum Gasteiger partial charge on any atom is -0.394 e. The Kier molecular flexibility index (Phi) is 9.90. The van der Waals surface area contributed by atoms with Gasteiger partial charge in [0.25, 0.3) is 11.1 Å². The van der Waals surface area contributed by atoms with Crippen LogP contribution in [0.4, 0.5) is 13.2 Å². The van der Waals surface area contributed by atoms with Gasteiger partial charge >= 0.3 is 17.6 Å². The van der Waals surface area contributed by atoms with E-state index in [1.807, 2.05) is 4.98 Å². The normalized spacial score (nSPS) is 21.4. The standard InChI is InChI=1S/C10H11F3N2O5.C9H11ClN4O2.ClH/c11-10(12,13)4-2-15(9(19)14-8(4)18)7-1-5(17)6(3-16)20-7;10-7-5(12-9(16)13-8(7)15)4-14-3-1-2-6(14)11;/h2,5-7,16-17H,1,3H2,(H,14,18,19);11H,1-4H2,(H2,12,13,15,16);1H. The molecule has 18 heteroatoms. The molecule has 2 aliphatic heterocycles. The fourth-order valence-corrected chi connectivity index (χ4v) is 3.83. The number of hydrogen-bond acceptors (Lipinski definition) is 8. The second-order valence-corrected chi connectivity index (χ2v) is 8.37. The van der Waals surface area contributed by atoms with E-state index in [-0.39, 0.29) is 23.9 Å². The van der Waals surface area contributed by atoms with Gasteiger partial charge < -0.3 is 24.8 Å². The Hall–Kier alpha value is -2.92. The Morgan fingerprint density at radius 1 is 1.16 bits per heavy atom. The molecule has 6 N–H and O–H groups in total. The molecule has 0 amide bonds. The smallest absolute Gasteiger partial charge is 0.394 e. The maximum absolute atomic E-state index is 12.6. The van der Waals surface area contributed by atoms with Crippen LogP contribution in [0.5, 0.6) is 0 Å². The average molecular weight is 575 g/mol. The van der Waals surface area contributed by atoms with Crippen LogP contribution in [0.15, 0.2) is 25.4 Å². The molecule has 37 heavy (non-hydrogen) atoms. The molecular weight excluding hydrogens is 552 g/mol. The minimum absolute atomic E-state index is 0. The van der Waals surface area contributed by atoms with Gasteiger partial charge in [-0.05, 0) is 6.42 Å². The van der Waals surface area contributed by atoms with Crippen LogP contribution in [0, 0.1) is 5.41 Å². The number of aliphatic hydroxyl groups is 2. The SMILES string of the molecule is Cl.N=C1CCCN1Cc1[nH]c(=O)[nH]c(=O)c1Cl.O=c1[nH]c(=O)n(C2CC(O)C(CO)O2)cc1C(F)(F)F. The summed E-state index contributed by atoms with van der Waals surface area (Å²) in [5.74, 6) is 0.511. The first kappa shape index (κ1) is 30.3. The summed E-state index contributed by atoms with van der Waals surface area (Å²) in [7, 11) is 0. The van der Waals surface area contributed by atoms with Gasteiger partial charge in [0, 0.05) is 25.6 Å². The Morgan fingerprint density at radius 3 is 2.38 bits per heavy atom. The molecule has 2 saturated heterocycles. The molecule has 4 heterocycles. The zero-order valence-electron chi connectivity index (χ0n) is 18.8. The quantitative estimate of drug-likeness (QED) is 0.291. The Bertz CT molecular complexity index is 1360. The first-order chi connectivity index (χ1) is 16.8. The number of nitrogens with one attached hydrogen (secondary N) is 4. The van der Waals surface area contributed by atoms with Gasteiger partial charge in [0.1, 0.15) is 22.9 Å². The number of aromatic nitrogens is 4. The number of aromatic amines is 3. The Labute approximate surface area is 215 Å². The van der Waals surface area contributed by atoms with Crippen LogP contribution >= 0.6 is 24.0 Å². The third-order valence-electron chi connectivity index (χ3n) is 5.50. The van der Waals surface area contributed by atoms with Gasteiger partial charge in [-0.1, -0.05) is 11.6 Å². The fourth-order valence-electron chi connectivity index (χ4n) is 3.67. The first-order valence-corrected chi connectivity index (χ1v) is 10.9. The molecule has 2 aromatic rings. The van der Waals surface area contributed by atoms with Gasteiger partial charge in [0.2, 0.25) is 0 Å². The molecule has 0 spiro atoms. The average Bonchev–Trinajstić information content (AvgIpc) is 3.36. The van der Waals surface area contributed by atoms with E-state index in [4.69, 9.17) is 26.9 Å². The molecule has 2 aromatic heterocycles. The van der Waals surface area contributed by atoms with Crippen molar-refractivity contribution < 1.29 is 28.1 Å². The molecule has 0 radical (unpaired) electrons. The molecule has 2 fully saturated rings. The summed E-state index contributed by atoms with van der Waals surface area (Å²) >= 11 is 5.78. The maximum Gasteiger partial charge on any atom is 0.423 e. The van der Waals surface area contributed by atoms with E-state index in [0.29, 0.717) is 28.8 Å². The highest BCUT2D eigenvalue weighted by atomic mass is 35.5. The van der Waals surface area contributed by atoms with Crippen LogP contribution in [0.3, 0.4) is 0 Å². The summed E-state index contributed by atoms with van der Waals surface area (Å²) in [6, 6.07) is 0. The monoisotopic (exact) mass is 574 g/mol. The summed E-state index contributed by atoms with van der Waals surface area (Å²) in [5.41, 5.74) is -4.97. The number of likely N-dealkylation sites (tertiary alicyclic amines) is 1. The van der Waals surface area contributed by atoms with Crippen LogP contribution in [-0.2, 0) is 17.5 Å². The van der Waals surface area contributed by atoms with Crippen LogP contribution in [0.1, 0.15) is 36.7 Å². The number of nitrogens with zero attached hydrogens (tertiary/aromatic N) is 2. The van der Waals surface area contributed by atoms with Gasteiger partial charge in [0.15, 0.2) is 0 Å². The van der Waals surface area contributed by atoms with E-state index in [1.54, 1.807) is 9.88 Å². The molecule has 0 aromatic carbocycles. The minimum atomic E-state index is -4.92. The van der Waals surface area contributed by atoms with E-state index >= 15 is 0 Å². The summed E-state index contributed by atoms with van der Waals surface area (Å²) in [4.78, 5) is 52.8. The van der Waals surface area contributed by atoms with Gasteiger partial charge in [0.05, 0.1) is 30.8 Å². The lowest BCUT2D eigenvalue weighted by Gasteiger charge is -2.17. The predicted molar refractivity (Wildman–Crippen MR) is 125 cm³/mol. The van der Waals surface area contributed by atoms with E-state index in [0.717, 1.165) is 19.4 Å². The highest BCUT2D eigenvalue weighted by Crippen LogP contribution is 2.30. The van der Waals surface area contributed by atoms with E-state index in [1.165, 1.54) is 0 Å². The van der Waals surface area contributed by atoms with Crippen molar-refractivity contribution in [1.29, 1.82) is 5.41 Å². The van der Waals surface area contributed by atoms with E-state index < -0.39 is 59.3 Å². The number of aliphatic hydroxyl groups excluding tert-OH is 2. The lowest BCUT2D eigenvalue weighted by Crippen LogP contribution is -2.36. The van der Waals surface area contributed by atoms with Gasteiger partial charge in [-0.15, -0.1) is 12.4 Å². The number of ether oxygens (including phenoxy) is 1. The Balaban J connectivity index is 0.000000259. The summed E-state index contributed by atoms with van der Waals surface area (Å²) in [6.07, 6.45) is -6.39. The zero-order chi connectivity index (χ0) is 26.8. The van der Waals surface area contributed by atoms with Crippen molar-refractivity contribution in [2.75, 3.05) is 13.2 Å². The lowest BCUT2D eigenvalue weighted by atomic mass is 10.2. The summed E-state index contributed by atoms with van der Waals surface area (Å²) < 4.78 is 43.4. The maximum atomic E-state index is 12.6. The molecule has 3 atom stereocenters. The predicted octanol–water partition coefficient (Wildman–Crippen LogP) is -0.0924. The van der Waals surface area contributed by atoms with Crippen molar-refractivity contribution in [3.8, 4) is 0 Å². The highest BCUT2D eigenvalue weighted by Gasteiger charge is 2.38. The van der Waals surface area contributed by atoms with E-state index in [9.17, 15) is 37.5 Å². The highest BCUT2D eigenvalue weighted by molar-refractivity contribution is 6.31. The molecule has 0 bridgehead atoms. The number of alkyl halides is 3. The van der Waals surface area contributed by atoms with Crippen LogP contribution < -0.4 is 22.5 Å². The summed E-state index contributed by atoms with van der Waals surface area (Å²) in [5, 5.41) is 26.0. The third-order valence-corrected chi connectivity index (χ3v) is 5.90. The molecule has 13 nitrogen and oxygen atoms in total. The first-order valence-electron chi connectivity index (χ1n) is 10.5. The van der Waals surface area contributed by atoms with Crippen LogP contribution in [0.2, 0.25) is 5.02 Å². The molecule has 4 rings (SSSR count).